The normalized spacial score (nSPS) is 25.2. The third-order valence-corrected chi connectivity index (χ3v) is 4.67. The molecule has 20 heavy (non-hydrogen) atoms. The summed E-state index contributed by atoms with van der Waals surface area (Å²) < 4.78 is 0. The quantitative estimate of drug-likeness (QED) is 0.921. The fourth-order valence-electron chi connectivity index (χ4n) is 3.17. The van der Waals surface area contributed by atoms with Gasteiger partial charge in [0.2, 0.25) is 5.91 Å². The highest BCUT2D eigenvalue weighted by molar-refractivity contribution is 6.30. The molecule has 1 heterocycles. The molecule has 1 spiro atoms. The maximum atomic E-state index is 12.7. The second kappa shape index (κ2) is 5.05. The van der Waals surface area contributed by atoms with Gasteiger partial charge in [0.05, 0.1) is 0 Å². The lowest BCUT2D eigenvalue weighted by atomic mass is 10.1. The number of nitrogens with zero attached hydrogens (tertiary/aromatic N) is 1. The first kappa shape index (κ1) is 13.9. The van der Waals surface area contributed by atoms with Gasteiger partial charge in [-0.2, -0.15) is 0 Å². The summed E-state index contributed by atoms with van der Waals surface area (Å²) in [5.41, 5.74) is 0.798. The number of hydrogen-bond donors (Lipinski definition) is 1. The summed E-state index contributed by atoms with van der Waals surface area (Å²) in [7, 11) is 0. The molecule has 1 aromatic rings. The van der Waals surface area contributed by atoms with Crippen LogP contribution in [-0.4, -0.2) is 22.4 Å². The number of carbonyl (C=O) groups is 1. The lowest BCUT2D eigenvalue weighted by Crippen LogP contribution is -2.38. The summed E-state index contributed by atoms with van der Waals surface area (Å²) in [6.07, 6.45) is 3.99. The number of benzene rings is 1. The van der Waals surface area contributed by atoms with E-state index in [1.807, 2.05) is 29.2 Å². The second-order valence-electron chi connectivity index (χ2n) is 6.03. The minimum absolute atomic E-state index is 0.0368. The molecule has 1 saturated carbocycles. The first-order valence-corrected chi connectivity index (χ1v) is 7.81. The molecule has 3 nitrogen and oxygen atoms in total. The molecule has 2 atom stereocenters. The number of nitrogens with one attached hydrogen (secondary N) is 1. The van der Waals surface area contributed by atoms with Gasteiger partial charge in [-0.25, -0.2) is 0 Å². The van der Waals surface area contributed by atoms with Crippen LogP contribution in [0.1, 0.15) is 51.3 Å². The molecule has 1 N–H and O–H groups in total. The largest absolute Gasteiger partial charge is 0.319 e. The Hall–Kier alpha value is -1.06. The Bertz CT molecular complexity index is 527. The minimum Gasteiger partial charge on any atom is -0.319 e. The number of amides is 1. The van der Waals surface area contributed by atoms with Crippen molar-refractivity contribution in [1.29, 1.82) is 0 Å². The fourth-order valence-corrected chi connectivity index (χ4v) is 3.37. The highest BCUT2D eigenvalue weighted by atomic mass is 35.5. The molecule has 2 fully saturated rings. The second-order valence-corrected chi connectivity index (χ2v) is 6.47. The van der Waals surface area contributed by atoms with Crippen LogP contribution in [0.2, 0.25) is 5.02 Å². The van der Waals surface area contributed by atoms with Crippen LogP contribution in [0.3, 0.4) is 0 Å². The van der Waals surface area contributed by atoms with Crippen molar-refractivity contribution in [3.63, 3.8) is 0 Å². The van der Waals surface area contributed by atoms with E-state index < -0.39 is 0 Å². The van der Waals surface area contributed by atoms with Crippen molar-refractivity contribution in [3.8, 4) is 0 Å². The molecule has 4 heteroatoms. The maximum Gasteiger partial charge on any atom is 0.244 e. The van der Waals surface area contributed by atoms with Crippen molar-refractivity contribution < 1.29 is 4.79 Å². The van der Waals surface area contributed by atoms with Gasteiger partial charge in [-0.1, -0.05) is 37.1 Å². The summed E-state index contributed by atoms with van der Waals surface area (Å²) in [6.45, 7) is 4.30. The summed E-state index contributed by atoms with van der Waals surface area (Å²) in [5.74, 6) is 0.267. The minimum atomic E-state index is -0.283. The van der Waals surface area contributed by atoms with Crippen LogP contribution >= 0.6 is 11.6 Å². The zero-order chi connectivity index (χ0) is 14.3. The molecule has 2 aliphatic rings. The van der Waals surface area contributed by atoms with Crippen molar-refractivity contribution in [2.24, 2.45) is 0 Å². The average molecular weight is 293 g/mol. The lowest BCUT2D eigenvalue weighted by Gasteiger charge is -2.30. The predicted octanol–water partition coefficient (Wildman–Crippen LogP) is 3.49. The first-order chi connectivity index (χ1) is 9.57. The van der Waals surface area contributed by atoms with Crippen LogP contribution in [0.15, 0.2) is 24.3 Å². The number of halogens is 1. The van der Waals surface area contributed by atoms with Gasteiger partial charge < -0.3 is 4.90 Å². The van der Waals surface area contributed by atoms with E-state index in [4.69, 9.17) is 11.6 Å². The highest BCUT2D eigenvalue weighted by Crippen LogP contribution is 2.47. The van der Waals surface area contributed by atoms with E-state index in [1.54, 1.807) is 0 Å². The molecule has 2 unspecified atom stereocenters. The SMILES string of the molecule is CCCC(C)N1C(=O)C2(CC2)NC1c1cccc(Cl)c1. The molecule has 0 aromatic heterocycles. The third-order valence-electron chi connectivity index (χ3n) is 4.43. The molecule has 3 rings (SSSR count). The molecule has 1 aliphatic carbocycles. The maximum absolute atomic E-state index is 12.7. The van der Waals surface area contributed by atoms with Crippen molar-refractivity contribution in [1.82, 2.24) is 10.2 Å². The molecular formula is C16H21ClN2O. The monoisotopic (exact) mass is 292 g/mol. The van der Waals surface area contributed by atoms with E-state index in [0.29, 0.717) is 0 Å². The van der Waals surface area contributed by atoms with Gasteiger partial charge in [-0.3, -0.25) is 10.1 Å². The van der Waals surface area contributed by atoms with E-state index >= 15 is 0 Å². The summed E-state index contributed by atoms with van der Waals surface area (Å²) in [6, 6.07) is 8.08. The smallest absolute Gasteiger partial charge is 0.244 e. The molecule has 1 amide bonds. The van der Waals surface area contributed by atoms with Crippen molar-refractivity contribution >= 4 is 17.5 Å². The molecule has 0 bridgehead atoms. The van der Waals surface area contributed by atoms with Gasteiger partial charge in [0.15, 0.2) is 0 Å². The molecule has 1 aliphatic heterocycles. The average Bonchev–Trinajstić information content (AvgIpc) is 3.12. The summed E-state index contributed by atoms with van der Waals surface area (Å²) in [5, 5.41) is 4.26. The van der Waals surface area contributed by atoms with E-state index in [2.05, 4.69) is 19.2 Å². The molecule has 108 valence electrons. The van der Waals surface area contributed by atoms with E-state index in [9.17, 15) is 4.79 Å². The van der Waals surface area contributed by atoms with Gasteiger partial charge in [-0.15, -0.1) is 0 Å². The van der Waals surface area contributed by atoms with Gasteiger partial charge in [0.1, 0.15) is 11.7 Å². The third kappa shape index (κ3) is 2.23. The van der Waals surface area contributed by atoms with Crippen LogP contribution in [-0.2, 0) is 4.79 Å². The van der Waals surface area contributed by atoms with E-state index in [0.717, 1.165) is 36.3 Å². The van der Waals surface area contributed by atoms with Crippen LogP contribution in [0.4, 0.5) is 0 Å². The zero-order valence-electron chi connectivity index (χ0n) is 12.0. The topological polar surface area (TPSA) is 32.3 Å². The Kier molecular flexibility index (Phi) is 3.51. The summed E-state index contributed by atoms with van der Waals surface area (Å²) >= 11 is 6.10. The Morgan fingerprint density at radius 1 is 1.50 bits per heavy atom. The Balaban J connectivity index is 1.93. The fraction of sp³-hybridized carbons (Fsp3) is 0.562. The Labute approximate surface area is 125 Å². The lowest BCUT2D eigenvalue weighted by molar-refractivity contribution is -0.132. The molecule has 1 saturated heterocycles. The first-order valence-electron chi connectivity index (χ1n) is 7.43. The van der Waals surface area contributed by atoms with Crippen molar-refractivity contribution in [3.05, 3.63) is 34.9 Å². The zero-order valence-corrected chi connectivity index (χ0v) is 12.8. The van der Waals surface area contributed by atoms with Gasteiger partial charge in [-0.05, 0) is 43.9 Å². The number of hydrogen-bond acceptors (Lipinski definition) is 2. The van der Waals surface area contributed by atoms with Gasteiger partial charge in [0.25, 0.3) is 0 Å². The predicted molar refractivity (Wildman–Crippen MR) is 80.5 cm³/mol. The van der Waals surface area contributed by atoms with Crippen molar-refractivity contribution in [2.75, 3.05) is 0 Å². The van der Waals surface area contributed by atoms with Gasteiger partial charge >= 0.3 is 0 Å². The van der Waals surface area contributed by atoms with E-state index in [-0.39, 0.29) is 23.7 Å². The molecular weight excluding hydrogens is 272 g/mol. The van der Waals surface area contributed by atoms with Gasteiger partial charge in [0, 0.05) is 11.1 Å². The van der Waals surface area contributed by atoms with Crippen LogP contribution in [0.5, 0.6) is 0 Å². The number of rotatable bonds is 4. The standard InChI is InChI=1S/C16H21ClN2O/c1-3-5-11(2)19-14(12-6-4-7-13(17)10-12)18-16(8-9-16)15(19)20/h4,6-7,10-11,14,18H,3,5,8-9H2,1-2H3. The van der Waals surface area contributed by atoms with E-state index in [1.165, 1.54) is 0 Å². The summed E-state index contributed by atoms with van der Waals surface area (Å²) in [4.78, 5) is 14.7. The molecule has 1 aromatic carbocycles. The van der Waals surface area contributed by atoms with Crippen LogP contribution < -0.4 is 5.32 Å². The Morgan fingerprint density at radius 2 is 2.25 bits per heavy atom. The van der Waals surface area contributed by atoms with Crippen LogP contribution in [0.25, 0.3) is 0 Å². The Morgan fingerprint density at radius 3 is 2.85 bits per heavy atom. The highest BCUT2D eigenvalue weighted by Gasteiger charge is 2.60. The number of carbonyl (C=O) groups excluding carboxylic acids is 1. The molecule has 0 radical (unpaired) electrons. The van der Waals surface area contributed by atoms with Crippen LogP contribution in [0, 0.1) is 0 Å². The van der Waals surface area contributed by atoms with Crippen molar-refractivity contribution in [2.45, 2.75) is 57.3 Å².